The molecule has 1 rings (SSSR count). The van der Waals surface area contributed by atoms with Crippen molar-refractivity contribution in [3.8, 4) is 0 Å². The summed E-state index contributed by atoms with van der Waals surface area (Å²) in [6, 6.07) is 0. The number of aromatic nitrogens is 1. The monoisotopic (exact) mass is 265 g/mol. The molecule has 18 heavy (non-hydrogen) atoms. The van der Waals surface area contributed by atoms with E-state index in [1.807, 2.05) is 12.2 Å². The van der Waals surface area contributed by atoms with Gasteiger partial charge in [0.25, 0.3) is 0 Å². The van der Waals surface area contributed by atoms with Crippen molar-refractivity contribution in [2.45, 2.75) is 19.3 Å². The summed E-state index contributed by atoms with van der Waals surface area (Å²) in [5, 5.41) is 3.31. The normalized spacial score (nSPS) is 12.6. The largest absolute Gasteiger partial charge is 0.330 e. The highest BCUT2D eigenvalue weighted by Gasteiger charge is 2.13. The van der Waals surface area contributed by atoms with E-state index in [0.29, 0.717) is 12.5 Å². The molecule has 0 aromatic carbocycles. The van der Waals surface area contributed by atoms with Gasteiger partial charge in [0.1, 0.15) is 0 Å². The molecule has 4 heteroatoms. The van der Waals surface area contributed by atoms with Gasteiger partial charge in [0.15, 0.2) is 0 Å². The lowest BCUT2D eigenvalue weighted by atomic mass is 10.1. The topological polar surface area (TPSA) is 42.2 Å². The maximum Gasteiger partial charge on any atom is 0.0969 e. The van der Waals surface area contributed by atoms with Crippen molar-refractivity contribution in [1.82, 2.24) is 9.88 Å². The first kappa shape index (κ1) is 15.1. The molecule has 0 aliphatic carbocycles. The van der Waals surface area contributed by atoms with E-state index in [1.165, 1.54) is 5.01 Å². The van der Waals surface area contributed by atoms with Gasteiger partial charge in [0.2, 0.25) is 0 Å². The third-order valence-corrected chi connectivity index (χ3v) is 3.82. The number of hydrogen-bond donors (Lipinski definition) is 1. The molecule has 1 heterocycles. The van der Waals surface area contributed by atoms with E-state index in [1.54, 1.807) is 11.3 Å². The van der Waals surface area contributed by atoms with Gasteiger partial charge in [-0.1, -0.05) is 19.1 Å². The zero-order valence-electron chi connectivity index (χ0n) is 11.1. The minimum atomic E-state index is 0.432. The summed E-state index contributed by atoms with van der Waals surface area (Å²) in [7, 11) is 0. The maximum atomic E-state index is 5.54. The van der Waals surface area contributed by atoms with Gasteiger partial charge in [-0.25, -0.2) is 4.98 Å². The van der Waals surface area contributed by atoms with Crippen LogP contribution in [0.2, 0.25) is 0 Å². The lowest BCUT2D eigenvalue weighted by Gasteiger charge is -2.21. The Labute approximate surface area is 114 Å². The van der Waals surface area contributed by atoms with Gasteiger partial charge in [-0.2, -0.15) is 0 Å². The minimum absolute atomic E-state index is 0.432. The average molecular weight is 265 g/mol. The van der Waals surface area contributed by atoms with Gasteiger partial charge >= 0.3 is 0 Å². The maximum absolute atomic E-state index is 5.54. The van der Waals surface area contributed by atoms with Crippen LogP contribution in [0.4, 0.5) is 0 Å². The second-order valence-electron chi connectivity index (χ2n) is 4.41. The predicted molar refractivity (Wildman–Crippen MR) is 80.1 cm³/mol. The van der Waals surface area contributed by atoms with E-state index in [2.05, 4.69) is 35.3 Å². The number of rotatable bonds is 9. The fraction of sp³-hybridized carbons (Fsp3) is 0.500. The first-order valence-corrected chi connectivity index (χ1v) is 7.17. The Morgan fingerprint density at radius 1 is 1.44 bits per heavy atom. The standard InChI is InChI=1S/C14H23N3S/c1-4-8-17(9-5-2)10-12(3)14-16-13(6-7-15)11-18-14/h4-5,11-12H,1-2,6-10,15H2,3H3. The second-order valence-corrected chi connectivity index (χ2v) is 5.30. The van der Waals surface area contributed by atoms with E-state index in [-0.39, 0.29) is 0 Å². The summed E-state index contributed by atoms with van der Waals surface area (Å²) in [6.45, 7) is 13.2. The molecule has 0 spiro atoms. The van der Waals surface area contributed by atoms with Crippen LogP contribution < -0.4 is 5.73 Å². The second kappa shape index (κ2) is 8.19. The van der Waals surface area contributed by atoms with Crippen LogP contribution >= 0.6 is 11.3 Å². The Hall–Kier alpha value is -0.970. The molecule has 100 valence electrons. The smallest absolute Gasteiger partial charge is 0.0969 e. The summed E-state index contributed by atoms with van der Waals surface area (Å²) in [6.07, 6.45) is 4.72. The zero-order valence-corrected chi connectivity index (χ0v) is 12.0. The lowest BCUT2D eigenvalue weighted by Crippen LogP contribution is -2.28. The van der Waals surface area contributed by atoms with Crippen molar-refractivity contribution >= 4 is 11.3 Å². The molecule has 0 aliphatic rings. The van der Waals surface area contributed by atoms with Crippen LogP contribution in [0.1, 0.15) is 23.5 Å². The minimum Gasteiger partial charge on any atom is -0.330 e. The number of nitrogens with two attached hydrogens (primary N) is 1. The number of nitrogens with zero attached hydrogens (tertiary/aromatic N) is 2. The Balaban J connectivity index is 2.58. The van der Waals surface area contributed by atoms with Gasteiger partial charge in [0, 0.05) is 37.4 Å². The quantitative estimate of drug-likeness (QED) is 0.697. The van der Waals surface area contributed by atoms with Crippen LogP contribution in [0, 0.1) is 0 Å². The molecule has 0 radical (unpaired) electrons. The van der Waals surface area contributed by atoms with Gasteiger partial charge in [-0.3, -0.25) is 4.90 Å². The molecule has 2 N–H and O–H groups in total. The molecule has 0 fully saturated rings. The third kappa shape index (κ3) is 4.72. The molecule has 0 saturated heterocycles. The van der Waals surface area contributed by atoms with E-state index in [9.17, 15) is 0 Å². The van der Waals surface area contributed by atoms with Crippen molar-refractivity contribution < 1.29 is 0 Å². The van der Waals surface area contributed by atoms with E-state index in [4.69, 9.17) is 5.73 Å². The molecule has 0 bridgehead atoms. The summed E-state index contributed by atoms with van der Waals surface area (Å²) in [4.78, 5) is 6.95. The average Bonchev–Trinajstić information content (AvgIpc) is 2.79. The summed E-state index contributed by atoms with van der Waals surface area (Å²) in [5.74, 6) is 0.432. The number of thiazole rings is 1. The van der Waals surface area contributed by atoms with Crippen LogP contribution in [0.25, 0.3) is 0 Å². The zero-order chi connectivity index (χ0) is 13.4. The van der Waals surface area contributed by atoms with Gasteiger partial charge in [-0.05, 0) is 6.54 Å². The summed E-state index contributed by atoms with van der Waals surface area (Å²) in [5.41, 5.74) is 6.65. The molecule has 0 amide bonds. The molecule has 3 nitrogen and oxygen atoms in total. The Morgan fingerprint density at radius 3 is 2.67 bits per heavy atom. The van der Waals surface area contributed by atoms with Crippen LogP contribution in [0.5, 0.6) is 0 Å². The van der Waals surface area contributed by atoms with Gasteiger partial charge in [-0.15, -0.1) is 24.5 Å². The Morgan fingerprint density at radius 2 is 2.11 bits per heavy atom. The predicted octanol–water partition coefficient (Wildman–Crippen LogP) is 2.42. The van der Waals surface area contributed by atoms with Crippen LogP contribution in [-0.2, 0) is 6.42 Å². The first-order valence-electron chi connectivity index (χ1n) is 6.29. The summed E-state index contributed by atoms with van der Waals surface area (Å²) >= 11 is 1.73. The highest BCUT2D eigenvalue weighted by Crippen LogP contribution is 2.21. The molecule has 0 saturated carbocycles. The first-order chi connectivity index (χ1) is 8.71. The number of hydrogen-bond acceptors (Lipinski definition) is 4. The highest BCUT2D eigenvalue weighted by atomic mass is 32.1. The third-order valence-electron chi connectivity index (χ3n) is 2.70. The fourth-order valence-corrected chi connectivity index (χ4v) is 2.77. The van der Waals surface area contributed by atoms with Crippen LogP contribution in [0.15, 0.2) is 30.7 Å². The van der Waals surface area contributed by atoms with Crippen molar-refractivity contribution in [3.63, 3.8) is 0 Å². The van der Waals surface area contributed by atoms with Crippen molar-refractivity contribution in [1.29, 1.82) is 0 Å². The Bertz CT molecular complexity index is 363. The lowest BCUT2D eigenvalue weighted by molar-refractivity contribution is 0.317. The molecule has 1 unspecified atom stereocenters. The molecule has 1 aromatic heterocycles. The molecule has 0 aliphatic heterocycles. The van der Waals surface area contributed by atoms with Crippen LogP contribution in [0.3, 0.4) is 0 Å². The Kier molecular flexibility index (Phi) is 6.86. The van der Waals surface area contributed by atoms with E-state index >= 15 is 0 Å². The van der Waals surface area contributed by atoms with E-state index in [0.717, 1.165) is 31.7 Å². The molecule has 1 aromatic rings. The fourth-order valence-electron chi connectivity index (χ4n) is 1.87. The molecular weight excluding hydrogens is 242 g/mol. The van der Waals surface area contributed by atoms with Gasteiger partial charge < -0.3 is 5.73 Å². The van der Waals surface area contributed by atoms with Crippen molar-refractivity contribution in [2.75, 3.05) is 26.2 Å². The SMILES string of the molecule is C=CCN(CC=C)CC(C)c1nc(CCN)cs1. The molecular formula is C14H23N3S. The van der Waals surface area contributed by atoms with Crippen LogP contribution in [-0.4, -0.2) is 36.1 Å². The van der Waals surface area contributed by atoms with E-state index < -0.39 is 0 Å². The highest BCUT2D eigenvalue weighted by molar-refractivity contribution is 7.09. The summed E-state index contributed by atoms with van der Waals surface area (Å²) < 4.78 is 0. The molecule has 1 atom stereocenters. The van der Waals surface area contributed by atoms with Crippen molar-refractivity contribution in [2.24, 2.45) is 5.73 Å². The van der Waals surface area contributed by atoms with Gasteiger partial charge in [0.05, 0.1) is 10.7 Å². The van der Waals surface area contributed by atoms with Crippen molar-refractivity contribution in [3.05, 3.63) is 41.4 Å².